The normalized spacial score (nSPS) is 24.9. The number of hydrogen-bond acceptors (Lipinski definition) is 2. The Morgan fingerprint density at radius 3 is 3.18 bits per heavy atom. The van der Waals surface area contributed by atoms with E-state index in [0.29, 0.717) is 6.04 Å². The number of likely N-dealkylation sites (N-methyl/N-ethyl adjacent to an activating group) is 1. The van der Waals surface area contributed by atoms with Crippen LogP contribution in [0, 0.1) is 0 Å². The second-order valence-corrected chi connectivity index (χ2v) is 3.10. The predicted molar refractivity (Wildman–Crippen MR) is 48.5 cm³/mol. The van der Waals surface area contributed by atoms with E-state index in [-0.39, 0.29) is 0 Å². The van der Waals surface area contributed by atoms with Gasteiger partial charge in [0.05, 0.1) is 0 Å². The highest BCUT2D eigenvalue weighted by Gasteiger charge is 2.11. The minimum Gasteiger partial charge on any atom is -0.324 e. The highest BCUT2D eigenvalue weighted by molar-refractivity contribution is 5.14. The first kappa shape index (κ1) is 8.75. The third-order valence-corrected chi connectivity index (χ3v) is 2.18. The van der Waals surface area contributed by atoms with Crippen LogP contribution in [0.15, 0.2) is 11.6 Å². The maximum atomic E-state index is 5.91. The van der Waals surface area contributed by atoms with Gasteiger partial charge in [-0.15, -0.1) is 0 Å². The van der Waals surface area contributed by atoms with Crippen LogP contribution in [0.1, 0.15) is 26.2 Å². The van der Waals surface area contributed by atoms with Crippen LogP contribution < -0.4 is 11.1 Å². The van der Waals surface area contributed by atoms with Gasteiger partial charge >= 0.3 is 0 Å². The number of hydrogen-bond donors (Lipinski definition) is 2. The molecule has 0 heterocycles. The van der Waals surface area contributed by atoms with Crippen molar-refractivity contribution in [3.05, 3.63) is 11.6 Å². The van der Waals surface area contributed by atoms with Gasteiger partial charge in [0, 0.05) is 12.6 Å². The standard InChI is InChI=1S/C9H18N2/c1-2-11-7-8-5-3-4-6-9(8)10/h5,9,11H,2-4,6-7,10H2,1H3. The molecule has 64 valence electrons. The molecule has 2 heteroatoms. The molecule has 0 amide bonds. The average molecular weight is 154 g/mol. The van der Waals surface area contributed by atoms with Gasteiger partial charge in [-0.3, -0.25) is 0 Å². The first-order valence-electron chi connectivity index (χ1n) is 4.49. The van der Waals surface area contributed by atoms with E-state index in [1.807, 2.05) is 0 Å². The maximum Gasteiger partial charge on any atom is 0.0266 e. The second kappa shape index (κ2) is 4.52. The quantitative estimate of drug-likeness (QED) is 0.596. The summed E-state index contributed by atoms with van der Waals surface area (Å²) in [7, 11) is 0. The molecule has 0 aromatic carbocycles. The zero-order chi connectivity index (χ0) is 8.10. The Morgan fingerprint density at radius 2 is 2.55 bits per heavy atom. The van der Waals surface area contributed by atoms with Gasteiger partial charge in [0.15, 0.2) is 0 Å². The van der Waals surface area contributed by atoms with Crippen LogP contribution in [0.2, 0.25) is 0 Å². The second-order valence-electron chi connectivity index (χ2n) is 3.10. The molecule has 1 rings (SSSR count). The third kappa shape index (κ3) is 2.64. The van der Waals surface area contributed by atoms with Crippen LogP contribution in [-0.4, -0.2) is 19.1 Å². The van der Waals surface area contributed by atoms with Crippen LogP contribution in [-0.2, 0) is 0 Å². The van der Waals surface area contributed by atoms with E-state index in [9.17, 15) is 0 Å². The minimum absolute atomic E-state index is 0.322. The van der Waals surface area contributed by atoms with Crippen molar-refractivity contribution in [2.75, 3.05) is 13.1 Å². The highest BCUT2D eigenvalue weighted by atomic mass is 14.9. The molecule has 0 aromatic rings. The van der Waals surface area contributed by atoms with E-state index in [1.54, 1.807) is 0 Å². The number of nitrogens with two attached hydrogens (primary N) is 1. The van der Waals surface area contributed by atoms with Gasteiger partial charge < -0.3 is 11.1 Å². The van der Waals surface area contributed by atoms with Crippen LogP contribution >= 0.6 is 0 Å². The lowest BCUT2D eigenvalue weighted by Gasteiger charge is -2.20. The van der Waals surface area contributed by atoms with E-state index < -0.39 is 0 Å². The van der Waals surface area contributed by atoms with Crippen molar-refractivity contribution in [1.82, 2.24) is 5.32 Å². The Kier molecular flexibility index (Phi) is 3.60. The Hall–Kier alpha value is -0.340. The molecular formula is C9H18N2. The number of rotatable bonds is 3. The summed E-state index contributed by atoms with van der Waals surface area (Å²) in [6.45, 7) is 4.14. The largest absolute Gasteiger partial charge is 0.324 e. The fourth-order valence-electron chi connectivity index (χ4n) is 1.43. The first-order valence-corrected chi connectivity index (χ1v) is 4.49. The molecule has 0 bridgehead atoms. The van der Waals surface area contributed by atoms with Crippen molar-refractivity contribution in [3.63, 3.8) is 0 Å². The highest BCUT2D eigenvalue weighted by Crippen LogP contribution is 2.15. The fraction of sp³-hybridized carbons (Fsp3) is 0.778. The van der Waals surface area contributed by atoms with Crippen LogP contribution in [0.3, 0.4) is 0 Å². The van der Waals surface area contributed by atoms with Gasteiger partial charge in [0.2, 0.25) is 0 Å². The lowest BCUT2D eigenvalue weighted by molar-refractivity contribution is 0.586. The number of allylic oxidation sites excluding steroid dienone is 1. The molecule has 0 radical (unpaired) electrons. The molecule has 11 heavy (non-hydrogen) atoms. The van der Waals surface area contributed by atoms with Gasteiger partial charge in [-0.25, -0.2) is 0 Å². The Labute approximate surface area is 68.9 Å². The van der Waals surface area contributed by atoms with Crippen LogP contribution in [0.4, 0.5) is 0 Å². The predicted octanol–water partition coefficient (Wildman–Crippen LogP) is 1.03. The summed E-state index contributed by atoms with van der Waals surface area (Å²) in [4.78, 5) is 0. The summed E-state index contributed by atoms with van der Waals surface area (Å²) in [5.74, 6) is 0. The molecule has 0 spiro atoms. The Balaban J connectivity index is 2.34. The lowest BCUT2D eigenvalue weighted by Crippen LogP contribution is -2.31. The maximum absolute atomic E-state index is 5.91. The number of nitrogens with one attached hydrogen (secondary N) is 1. The monoisotopic (exact) mass is 154 g/mol. The van der Waals surface area contributed by atoms with E-state index in [0.717, 1.165) is 19.5 Å². The van der Waals surface area contributed by atoms with E-state index in [4.69, 9.17) is 5.73 Å². The SMILES string of the molecule is CCNCC1=CCCCC1N. The topological polar surface area (TPSA) is 38.0 Å². The molecule has 0 saturated heterocycles. The minimum atomic E-state index is 0.322. The summed E-state index contributed by atoms with van der Waals surface area (Å²) in [6.07, 6.45) is 5.93. The van der Waals surface area contributed by atoms with Gasteiger partial charge in [0.25, 0.3) is 0 Å². The molecule has 0 aliphatic heterocycles. The summed E-state index contributed by atoms with van der Waals surface area (Å²) in [5, 5.41) is 3.30. The van der Waals surface area contributed by atoms with Crippen molar-refractivity contribution < 1.29 is 0 Å². The third-order valence-electron chi connectivity index (χ3n) is 2.18. The molecule has 1 aliphatic carbocycles. The summed E-state index contributed by atoms with van der Waals surface area (Å²) in [6, 6.07) is 0.322. The summed E-state index contributed by atoms with van der Waals surface area (Å²) < 4.78 is 0. The molecule has 1 atom stereocenters. The van der Waals surface area contributed by atoms with Crippen molar-refractivity contribution in [2.24, 2.45) is 5.73 Å². The molecule has 1 unspecified atom stereocenters. The van der Waals surface area contributed by atoms with E-state index in [2.05, 4.69) is 18.3 Å². The van der Waals surface area contributed by atoms with E-state index >= 15 is 0 Å². The van der Waals surface area contributed by atoms with Gasteiger partial charge in [-0.2, -0.15) is 0 Å². The van der Waals surface area contributed by atoms with Gasteiger partial charge in [-0.1, -0.05) is 13.0 Å². The fourth-order valence-corrected chi connectivity index (χ4v) is 1.43. The summed E-state index contributed by atoms with van der Waals surface area (Å²) in [5.41, 5.74) is 7.31. The molecule has 0 saturated carbocycles. The molecule has 2 nitrogen and oxygen atoms in total. The zero-order valence-corrected chi connectivity index (χ0v) is 7.27. The van der Waals surface area contributed by atoms with E-state index in [1.165, 1.54) is 18.4 Å². The Morgan fingerprint density at radius 1 is 1.73 bits per heavy atom. The zero-order valence-electron chi connectivity index (χ0n) is 7.27. The van der Waals surface area contributed by atoms with Crippen molar-refractivity contribution in [3.8, 4) is 0 Å². The molecule has 0 aromatic heterocycles. The molecular weight excluding hydrogens is 136 g/mol. The average Bonchev–Trinajstić information content (AvgIpc) is 2.03. The summed E-state index contributed by atoms with van der Waals surface area (Å²) >= 11 is 0. The molecule has 1 aliphatic rings. The smallest absolute Gasteiger partial charge is 0.0266 e. The van der Waals surface area contributed by atoms with Crippen molar-refractivity contribution >= 4 is 0 Å². The van der Waals surface area contributed by atoms with Crippen LogP contribution in [0.25, 0.3) is 0 Å². The van der Waals surface area contributed by atoms with Gasteiger partial charge in [0.1, 0.15) is 0 Å². The van der Waals surface area contributed by atoms with Crippen LogP contribution in [0.5, 0.6) is 0 Å². The first-order chi connectivity index (χ1) is 5.34. The molecule has 3 N–H and O–H groups in total. The molecule has 0 fully saturated rings. The van der Waals surface area contributed by atoms with Crippen molar-refractivity contribution in [1.29, 1.82) is 0 Å². The Bertz CT molecular complexity index is 140. The van der Waals surface area contributed by atoms with Gasteiger partial charge in [-0.05, 0) is 31.4 Å². The van der Waals surface area contributed by atoms with Crippen molar-refractivity contribution in [2.45, 2.75) is 32.2 Å². The lowest BCUT2D eigenvalue weighted by atomic mass is 9.95.